The summed E-state index contributed by atoms with van der Waals surface area (Å²) in [6.07, 6.45) is -3.93. The summed E-state index contributed by atoms with van der Waals surface area (Å²) in [5, 5.41) is 0. The molecule has 0 aromatic heterocycles. The monoisotopic (exact) mass is 329 g/mol. The van der Waals surface area contributed by atoms with Crippen LogP contribution in [-0.2, 0) is 12.6 Å². The molecule has 0 saturated heterocycles. The molecule has 0 fully saturated rings. The lowest BCUT2D eigenvalue weighted by Gasteiger charge is -2.15. The molecule has 0 saturated carbocycles. The number of para-hydroxylation sites is 1. The second-order valence-electron chi connectivity index (χ2n) is 5.02. The van der Waals surface area contributed by atoms with Crippen LogP contribution in [0.25, 0.3) is 11.1 Å². The lowest BCUT2D eigenvalue weighted by atomic mass is 9.96. The predicted molar refractivity (Wildman–Crippen MR) is 81.3 cm³/mol. The number of nitrogens with two attached hydrogens (primary N) is 1. The summed E-state index contributed by atoms with van der Waals surface area (Å²) in [6.45, 7) is 0.342. The zero-order valence-corrected chi connectivity index (χ0v) is 12.4. The van der Waals surface area contributed by atoms with E-state index in [1.54, 1.807) is 18.2 Å². The van der Waals surface area contributed by atoms with Crippen LogP contribution >= 0.6 is 12.4 Å². The van der Waals surface area contributed by atoms with Crippen molar-refractivity contribution in [3.05, 3.63) is 53.6 Å². The molecule has 0 aliphatic carbocycles. The van der Waals surface area contributed by atoms with Crippen LogP contribution in [0.4, 0.5) is 13.2 Å². The van der Waals surface area contributed by atoms with Gasteiger partial charge in [-0.05, 0) is 17.2 Å². The van der Waals surface area contributed by atoms with Gasteiger partial charge < -0.3 is 10.5 Å². The maximum absolute atomic E-state index is 13.2. The van der Waals surface area contributed by atoms with Gasteiger partial charge in [-0.25, -0.2) is 0 Å². The Labute approximate surface area is 132 Å². The second kappa shape index (κ2) is 6.18. The highest BCUT2D eigenvalue weighted by atomic mass is 35.5. The first-order valence-corrected chi connectivity index (χ1v) is 6.66. The Balaban J connectivity index is 0.00000176. The van der Waals surface area contributed by atoms with E-state index < -0.39 is 11.7 Å². The van der Waals surface area contributed by atoms with Gasteiger partial charge in [0, 0.05) is 18.5 Å². The van der Waals surface area contributed by atoms with Crippen LogP contribution < -0.4 is 10.5 Å². The molecule has 22 heavy (non-hydrogen) atoms. The number of hydrogen-bond acceptors (Lipinski definition) is 2. The van der Waals surface area contributed by atoms with Crippen LogP contribution in [0.5, 0.6) is 5.75 Å². The normalized spacial score (nSPS) is 16.6. The number of ether oxygens (including phenoxy) is 1. The van der Waals surface area contributed by atoms with Gasteiger partial charge in [0.05, 0.1) is 5.56 Å². The number of alkyl halides is 3. The van der Waals surface area contributed by atoms with Crippen LogP contribution in [0.3, 0.4) is 0 Å². The largest absolute Gasteiger partial charge is 0.488 e. The van der Waals surface area contributed by atoms with Gasteiger partial charge in [-0.2, -0.15) is 13.2 Å². The third-order valence-electron chi connectivity index (χ3n) is 3.61. The van der Waals surface area contributed by atoms with Crippen molar-refractivity contribution in [1.82, 2.24) is 0 Å². The van der Waals surface area contributed by atoms with Gasteiger partial charge in [0.25, 0.3) is 0 Å². The zero-order chi connectivity index (χ0) is 15.0. The molecular formula is C16H15ClF3NO. The van der Waals surface area contributed by atoms with E-state index in [0.29, 0.717) is 24.3 Å². The lowest BCUT2D eigenvalue weighted by molar-refractivity contribution is -0.137. The van der Waals surface area contributed by atoms with Gasteiger partial charge in [0.1, 0.15) is 11.9 Å². The predicted octanol–water partition coefficient (Wildman–Crippen LogP) is 4.06. The number of rotatable bonds is 2. The average Bonchev–Trinajstić information content (AvgIpc) is 2.89. The molecule has 2 nitrogen and oxygen atoms in total. The number of hydrogen-bond donors (Lipinski definition) is 1. The maximum Gasteiger partial charge on any atom is 0.417 e. The molecule has 0 radical (unpaired) electrons. The molecular weight excluding hydrogens is 315 g/mol. The Morgan fingerprint density at radius 2 is 1.73 bits per heavy atom. The topological polar surface area (TPSA) is 35.2 Å². The van der Waals surface area contributed by atoms with Crippen molar-refractivity contribution in [2.75, 3.05) is 6.54 Å². The lowest BCUT2D eigenvalue weighted by Crippen LogP contribution is -2.24. The summed E-state index contributed by atoms with van der Waals surface area (Å²) in [5.74, 6) is 0.518. The van der Waals surface area contributed by atoms with Gasteiger partial charge in [0.15, 0.2) is 0 Å². The van der Waals surface area contributed by atoms with E-state index in [-0.39, 0.29) is 24.1 Å². The highest BCUT2D eigenvalue weighted by Gasteiger charge is 2.35. The summed E-state index contributed by atoms with van der Waals surface area (Å²) in [4.78, 5) is 0. The highest BCUT2D eigenvalue weighted by Crippen LogP contribution is 2.43. The Bertz CT molecular complexity index is 673. The minimum absolute atomic E-state index is 0. The first-order valence-electron chi connectivity index (χ1n) is 6.66. The van der Waals surface area contributed by atoms with Gasteiger partial charge in [-0.1, -0.05) is 36.4 Å². The van der Waals surface area contributed by atoms with Crippen LogP contribution in [0, 0.1) is 0 Å². The van der Waals surface area contributed by atoms with E-state index in [2.05, 4.69) is 0 Å². The van der Waals surface area contributed by atoms with Crippen molar-refractivity contribution in [3.8, 4) is 16.9 Å². The van der Waals surface area contributed by atoms with Crippen molar-refractivity contribution >= 4 is 12.4 Å². The van der Waals surface area contributed by atoms with Crippen molar-refractivity contribution in [1.29, 1.82) is 0 Å². The first-order chi connectivity index (χ1) is 10.0. The van der Waals surface area contributed by atoms with Crippen LogP contribution in [0.15, 0.2) is 42.5 Å². The molecule has 3 rings (SSSR count). The SMILES string of the molecule is Cl.NCC1Cc2cccc(-c3ccccc3C(F)(F)F)c2O1. The summed E-state index contributed by atoms with van der Waals surface area (Å²) >= 11 is 0. The molecule has 2 aromatic carbocycles. The molecule has 1 aliphatic heterocycles. The fourth-order valence-electron chi connectivity index (χ4n) is 2.65. The molecule has 1 unspecified atom stereocenters. The molecule has 0 bridgehead atoms. The van der Waals surface area contributed by atoms with Gasteiger partial charge in [-0.15, -0.1) is 12.4 Å². The van der Waals surface area contributed by atoms with E-state index in [9.17, 15) is 13.2 Å². The number of benzene rings is 2. The molecule has 6 heteroatoms. The van der Waals surface area contributed by atoms with E-state index in [1.807, 2.05) is 6.07 Å². The summed E-state index contributed by atoms with van der Waals surface area (Å²) in [5.41, 5.74) is 6.45. The third kappa shape index (κ3) is 2.91. The Morgan fingerprint density at radius 1 is 1.05 bits per heavy atom. The zero-order valence-electron chi connectivity index (χ0n) is 11.6. The molecule has 1 heterocycles. The van der Waals surface area contributed by atoms with E-state index in [4.69, 9.17) is 10.5 Å². The van der Waals surface area contributed by atoms with E-state index >= 15 is 0 Å². The molecule has 2 N–H and O–H groups in total. The number of halogens is 4. The quantitative estimate of drug-likeness (QED) is 0.902. The molecule has 118 valence electrons. The molecule has 2 aromatic rings. The Hall–Kier alpha value is -1.72. The van der Waals surface area contributed by atoms with Crippen LogP contribution in [0.2, 0.25) is 0 Å². The summed E-state index contributed by atoms with van der Waals surface area (Å²) < 4.78 is 45.2. The van der Waals surface area contributed by atoms with Gasteiger partial charge in [0.2, 0.25) is 0 Å². The maximum atomic E-state index is 13.2. The fourth-order valence-corrected chi connectivity index (χ4v) is 2.65. The molecule has 0 amide bonds. The fraction of sp³-hybridized carbons (Fsp3) is 0.250. The molecule has 1 aliphatic rings. The van der Waals surface area contributed by atoms with Crippen molar-refractivity contribution in [3.63, 3.8) is 0 Å². The van der Waals surface area contributed by atoms with Gasteiger partial charge in [-0.3, -0.25) is 0 Å². The van der Waals surface area contributed by atoms with Crippen LogP contribution in [-0.4, -0.2) is 12.6 Å². The van der Waals surface area contributed by atoms with Crippen molar-refractivity contribution in [2.45, 2.75) is 18.7 Å². The smallest absolute Gasteiger partial charge is 0.417 e. The van der Waals surface area contributed by atoms with E-state index in [1.165, 1.54) is 12.1 Å². The van der Waals surface area contributed by atoms with Gasteiger partial charge >= 0.3 is 6.18 Å². The first kappa shape index (κ1) is 16.6. The minimum atomic E-state index is -4.40. The van der Waals surface area contributed by atoms with Crippen molar-refractivity contribution < 1.29 is 17.9 Å². The average molecular weight is 330 g/mol. The molecule has 1 atom stereocenters. The highest BCUT2D eigenvalue weighted by molar-refractivity contribution is 5.85. The Kier molecular flexibility index (Phi) is 4.68. The summed E-state index contributed by atoms with van der Waals surface area (Å²) in [6, 6.07) is 10.8. The Morgan fingerprint density at radius 3 is 2.41 bits per heavy atom. The summed E-state index contributed by atoms with van der Waals surface area (Å²) in [7, 11) is 0. The van der Waals surface area contributed by atoms with Crippen LogP contribution in [0.1, 0.15) is 11.1 Å². The molecule has 0 spiro atoms. The van der Waals surface area contributed by atoms with Crippen molar-refractivity contribution in [2.24, 2.45) is 5.73 Å². The standard InChI is InChI=1S/C16H14F3NO.ClH/c17-16(18,19)14-7-2-1-5-12(14)13-6-3-4-10-8-11(9-20)21-15(10)13;/h1-7,11H,8-9,20H2;1H. The van der Waals surface area contributed by atoms with E-state index in [0.717, 1.165) is 11.6 Å². The minimum Gasteiger partial charge on any atom is -0.488 e. The number of fused-ring (bicyclic) bond motifs is 1. The third-order valence-corrected chi connectivity index (χ3v) is 3.61. The second-order valence-corrected chi connectivity index (χ2v) is 5.02.